The van der Waals surface area contributed by atoms with E-state index in [0.717, 1.165) is 0 Å². The van der Waals surface area contributed by atoms with Crippen LogP contribution in [0.3, 0.4) is 0 Å². The topological polar surface area (TPSA) is 216 Å². The molecular formula is C18H16N4O9S2. The van der Waals surface area contributed by atoms with Gasteiger partial charge in [-0.15, -0.1) is 0 Å². The van der Waals surface area contributed by atoms with E-state index in [1.807, 2.05) is 0 Å². The van der Waals surface area contributed by atoms with E-state index in [1.54, 1.807) is 12.1 Å². The number of carboxylic acids is 1. The van der Waals surface area contributed by atoms with Crippen molar-refractivity contribution < 1.29 is 40.9 Å². The molecule has 0 bridgehead atoms. The van der Waals surface area contributed by atoms with Gasteiger partial charge in [-0.1, -0.05) is 6.07 Å². The Labute approximate surface area is 187 Å². The first-order valence-electron chi connectivity index (χ1n) is 8.57. The highest BCUT2D eigenvalue weighted by Gasteiger charge is 2.14. The minimum absolute atomic E-state index is 0.0231. The number of carboxylic acid groups (broad SMARTS) is 1. The Kier molecular flexibility index (Phi) is 8.14. The maximum atomic E-state index is 12.3. The summed E-state index contributed by atoms with van der Waals surface area (Å²) in [5, 5.41) is 26.3. The van der Waals surface area contributed by atoms with Crippen molar-refractivity contribution >= 4 is 43.6 Å². The summed E-state index contributed by atoms with van der Waals surface area (Å²) in [6.45, 7) is 0. The molecule has 0 atom stereocenters. The molecule has 0 fully saturated rings. The van der Waals surface area contributed by atoms with Gasteiger partial charge < -0.3 is 10.2 Å². The van der Waals surface area contributed by atoms with Gasteiger partial charge in [0.1, 0.15) is 17.1 Å². The first-order valence-corrected chi connectivity index (χ1v) is 11.4. The van der Waals surface area contributed by atoms with Gasteiger partial charge in [-0.25, -0.2) is 18.2 Å². The van der Waals surface area contributed by atoms with E-state index >= 15 is 0 Å². The van der Waals surface area contributed by atoms with Crippen LogP contribution >= 0.6 is 0 Å². The summed E-state index contributed by atoms with van der Waals surface area (Å²) in [6, 6.07) is 14.3. The third-order valence-corrected chi connectivity index (χ3v) is 4.91. The van der Waals surface area contributed by atoms with Crippen LogP contribution in [0, 0.1) is 0 Å². The fourth-order valence-electron chi connectivity index (χ4n) is 2.18. The lowest BCUT2D eigenvalue weighted by molar-refractivity contribution is 0.0693. The van der Waals surface area contributed by atoms with Crippen LogP contribution in [0.25, 0.3) is 0 Å². The molecule has 174 valence electrons. The average Bonchev–Trinajstić information content (AvgIpc) is 2.72. The Morgan fingerprint density at radius 3 is 2.00 bits per heavy atom. The molecule has 0 saturated carbocycles. The van der Waals surface area contributed by atoms with E-state index in [2.05, 4.69) is 19.9 Å². The third kappa shape index (κ3) is 8.62. The number of phenols is 1. The van der Waals surface area contributed by atoms with E-state index in [0.29, 0.717) is 5.69 Å². The normalized spacial score (nSPS) is 11.5. The van der Waals surface area contributed by atoms with Crippen LogP contribution in [0.5, 0.6) is 5.75 Å². The molecule has 0 spiro atoms. The van der Waals surface area contributed by atoms with E-state index in [1.165, 1.54) is 54.7 Å². The van der Waals surface area contributed by atoms with Crippen molar-refractivity contribution in [3.8, 4) is 5.75 Å². The SMILES string of the molecule is O=C(O)c1cc(N=Nc2ccc(S(=O)(=O)Nc3ccccn3)cc2)ccc1O.O=S(=O)(O)O. The summed E-state index contributed by atoms with van der Waals surface area (Å²) in [5.74, 6) is -1.46. The van der Waals surface area contributed by atoms with Gasteiger partial charge in [-0.2, -0.15) is 18.6 Å². The number of hydrogen-bond donors (Lipinski definition) is 5. The molecule has 13 nitrogen and oxygen atoms in total. The van der Waals surface area contributed by atoms with Crippen molar-refractivity contribution in [3.05, 3.63) is 72.4 Å². The van der Waals surface area contributed by atoms with Gasteiger partial charge in [0, 0.05) is 6.20 Å². The fraction of sp³-hybridized carbons (Fsp3) is 0. The molecule has 15 heteroatoms. The first-order chi connectivity index (χ1) is 15.3. The zero-order valence-corrected chi connectivity index (χ0v) is 18.0. The molecule has 0 aliphatic carbocycles. The molecule has 33 heavy (non-hydrogen) atoms. The second-order valence-corrected chi connectivity index (χ2v) is 8.55. The van der Waals surface area contributed by atoms with Crippen molar-refractivity contribution in [2.75, 3.05) is 4.72 Å². The fourth-order valence-corrected chi connectivity index (χ4v) is 3.19. The predicted octanol–water partition coefficient (Wildman–Crippen LogP) is 3.05. The lowest BCUT2D eigenvalue weighted by atomic mass is 10.2. The number of rotatable bonds is 6. The molecule has 0 radical (unpaired) electrons. The Bertz CT molecular complexity index is 1350. The zero-order valence-electron chi connectivity index (χ0n) is 16.3. The van der Waals surface area contributed by atoms with E-state index in [9.17, 15) is 18.3 Å². The van der Waals surface area contributed by atoms with Crippen molar-refractivity contribution in [1.29, 1.82) is 0 Å². The second-order valence-electron chi connectivity index (χ2n) is 5.97. The lowest BCUT2D eigenvalue weighted by Gasteiger charge is -2.07. The van der Waals surface area contributed by atoms with Gasteiger partial charge in [0.2, 0.25) is 0 Å². The standard InChI is InChI=1S/C18H14N4O5S.H2O4S/c23-16-9-6-13(11-15(16)18(24)25)21-20-12-4-7-14(8-5-12)28(26,27)22-17-3-1-2-10-19-17;1-5(2,3)4/h1-11,23H,(H,19,22)(H,24,25);(H2,1,2,3,4). The highest BCUT2D eigenvalue weighted by atomic mass is 32.3. The van der Waals surface area contributed by atoms with Crippen LogP contribution in [0.4, 0.5) is 17.2 Å². The van der Waals surface area contributed by atoms with E-state index < -0.39 is 26.4 Å². The van der Waals surface area contributed by atoms with Gasteiger partial charge in [0.25, 0.3) is 10.0 Å². The summed E-state index contributed by atoms with van der Waals surface area (Å²) in [7, 11) is -8.46. The van der Waals surface area contributed by atoms with Gasteiger partial charge in [0.05, 0.1) is 16.3 Å². The van der Waals surface area contributed by atoms with E-state index in [-0.39, 0.29) is 27.7 Å². The molecule has 3 aromatic rings. The quantitative estimate of drug-likeness (QED) is 0.248. The van der Waals surface area contributed by atoms with Crippen LogP contribution < -0.4 is 4.72 Å². The van der Waals surface area contributed by atoms with Gasteiger partial charge in [-0.05, 0) is 54.6 Å². The highest BCUT2D eigenvalue weighted by molar-refractivity contribution is 7.92. The lowest BCUT2D eigenvalue weighted by Crippen LogP contribution is -2.13. The number of pyridine rings is 1. The molecule has 3 rings (SSSR count). The van der Waals surface area contributed by atoms with Crippen LogP contribution in [0.1, 0.15) is 10.4 Å². The minimum atomic E-state index is -4.67. The smallest absolute Gasteiger partial charge is 0.394 e. The summed E-state index contributed by atoms with van der Waals surface area (Å²) in [6.07, 6.45) is 1.47. The van der Waals surface area contributed by atoms with Crippen LogP contribution in [-0.2, 0) is 20.4 Å². The number of anilines is 1. The largest absolute Gasteiger partial charge is 0.507 e. The Morgan fingerprint density at radius 1 is 0.879 bits per heavy atom. The molecule has 0 amide bonds. The zero-order chi connectivity index (χ0) is 24.6. The first kappa shape index (κ1) is 25.3. The van der Waals surface area contributed by atoms with Crippen molar-refractivity contribution in [3.63, 3.8) is 0 Å². The van der Waals surface area contributed by atoms with E-state index in [4.69, 9.17) is 22.6 Å². The number of nitrogens with zero attached hydrogens (tertiary/aromatic N) is 3. The number of hydrogen-bond acceptors (Lipinski definition) is 9. The number of aromatic hydroxyl groups is 1. The number of aromatic nitrogens is 1. The highest BCUT2D eigenvalue weighted by Crippen LogP contribution is 2.25. The summed E-state index contributed by atoms with van der Waals surface area (Å²) < 4.78 is 58.6. The van der Waals surface area contributed by atoms with Crippen molar-refractivity contribution in [2.24, 2.45) is 10.2 Å². The third-order valence-electron chi connectivity index (χ3n) is 3.54. The molecule has 5 N–H and O–H groups in total. The van der Waals surface area contributed by atoms with Gasteiger partial charge >= 0.3 is 16.4 Å². The average molecular weight is 496 g/mol. The monoisotopic (exact) mass is 496 g/mol. The number of azo groups is 1. The number of nitrogens with one attached hydrogen (secondary N) is 1. The van der Waals surface area contributed by atoms with Gasteiger partial charge in [-0.3, -0.25) is 13.8 Å². The molecule has 2 aromatic carbocycles. The summed E-state index contributed by atoms with van der Waals surface area (Å²) >= 11 is 0. The van der Waals surface area contributed by atoms with Crippen molar-refractivity contribution in [2.45, 2.75) is 4.90 Å². The Balaban J connectivity index is 0.000000696. The maximum absolute atomic E-state index is 12.3. The summed E-state index contributed by atoms with van der Waals surface area (Å²) in [5.41, 5.74) is 0.295. The second kappa shape index (κ2) is 10.6. The van der Waals surface area contributed by atoms with Crippen molar-refractivity contribution in [1.82, 2.24) is 4.98 Å². The maximum Gasteiger partial charge on any atom is 0.394 e. The molecule has 1 aromatic heterocycles. The molecule has 0 aliphatic rings. The minimum Gasteiger partial charge on any atom is -0.507 e. The molecule has 0 aliphatic heterocycles. The predicted molar refractivity (Wildman–Crippen MR) is 115 cm³/mol. The number of aromatic carboxylic acids is 1. The number of sulfonamides is 1. The molecule has 0 saturated heterocycles. The number of benzene rings is 2. The van der Waals surface area contributed by atoms with Crippen LogP contribution in [-0.4, -0.2) is 47.1 Å². The Morgan fingerprint density at radius 2 is 1.45 bits per heavy atom. The van der Waals surface area contributed by atoms with Crippen LogP contribution in [0.2, 0.25) is 0 Å². The Hall–Kier alpha value is -3.92. The summed E-state index contributed by atoms with van der Waals surface area (Å²) in [4.78, 5) is 14.9. The number of carbonyl (C=O) groups is 1. The van der Waals surface area contributed by atoms with Gasteiger partial charge in [0.15, 0.2) is 0 Å². The molecule has 0 unspecified atom stereocenters. The van der Waals surface area contributed by atoms with Crippen LogP contribution in [0.15, 0.2) is 82.0 Å². The molecule has 1 heterocycles. The molecular weight excluding hydrogens is 480 g/mol.